The lowest BCUT2D eigenvalue weighted by Crippen LogP contribution is -2.64. The van der Waals surface area contributed by atoms with E-state index in [0.717, 1.165) is 22.4 Å². The number of fused-ring (bicyclic) bond motifs is 1. The number of hydrogen-bond donors (Lipinski definition) is 1. The molecular formula is C28H28N4O4. The van der Waals surface area contributed by atoms with Crippen molar-refractivity contribution in [3.8, 4) is 17.2 Å². The third-order valence-electron chi connectivity index (χ3n) is 6.85. The topological polar surface area (TPSA) is 89.6 Å². The van der Waals surface area contributed by atoms with E-state index in [4.69, 9.17) is 9.15 Å². The van der Waals surface area contributed by atoms with Crippen molar-refractivity contribution in [3.05, 3.63) is 89.3 Å². The van der Waals surface area contributed by atoms with Crippen LogP contribution in [0.15, 0.2) is 71.3 Å². The van der Waals surface area contributed by atoms with E-state index in [1.54, 1.807) is 48.1 Å². The van der Waals surface area contributed by atoms with Gasteiger partial charge in [-0.1, -0.05) is 24.3 Å². The number of hydrogen-bond acceptors (Lipinski definition) is 5. The first-order valence-electron chi connectivity index (χ1n) is 11.8. The van der Waals surface area contributed by atoms with Gasteiger partial charge in [-0.25, -0.2) is 0 Å². The van der Waals surface area contributed by atoms with Crippen molar-refractivity contribution >= 4 is 17.5 Å². The van der Waals surface area contributed by atoms with Crippen LogP contribution in [-0.2, 0) is 17.9 Å². The SMILES string of the molecule is COc1ccc(CNC(=O)[C@]2(C)Cn3nc(-c4ccco4)cc3C(=O)N2c2cccc(C)c2C)cc1. The molecule has 0 unspecified atom stereocenters. The molecule has 0 saturated carbocycles. The van der Waals surface area contributed by atoms with E-state index in [9.17, 15) is 9.59 Å². The van der Waals surface area contributed by atoms with Gasteiger partial charge in [0.25, 0.3) is 5.91 Å². The summed E-state index contributed by atoms with van der Waals surface area (Å²) in [6.07, 6.45) is 1.56. The summed E-state index contributed by atoms with van der Waals surface area (Å²) >= 11 is 0. The number of aryl methyl sites for hydroxylation is 1. The largest absolute Gasteiger partial charge is 0.497 e. The molecule has 0 bridgehead atoms. The molecule has 2 amide bonds. The van der Waals surface area contributed by atoms with Crippen molar-refractivity contribution in [1.29, 1.82) is 0 Å². The van der Waals surface area contributed by atoms with Crippen LogP contribution in [0.3, 0.4) is 0 Å². The van der Waals surface area contributed by atoms with Crippen molar-refractivity contribution in [2.45, 2.75) is 39.4 Å². The minimum Gasteiger partial charge on any atom is -0.497 e. The molecule has 2 aromatic carbocycles. The highest BCUT2D eigenvalue weighted by Crippen LogP contribution is 2.36. The lowest BCUT2D eigenvalue weighted by Gasteiger charge is -2.43. The van der Waals surface area contributed by atoms with Crippen molar-refractivity contribution in [3.63, 3.8) is 0 Å². The lowest BCUT2D eigenvalue weighted by molar-refractivity contribution is -0.126. The maximum atomic E-state index is 14.0. The van der Waals surface area contributed by atoms with Crippen molar-refractivity contribution in [2.75, 3.05) is 12.0 Å². The van der Waals surface area contributed by atoms with Gasteiger partial charge >= 0.3 is 0 Å². The highest BCUT2D eigenvalue weighted by atomic mass is 16.5. The van der Waals surface area contributed by atoms with E-state index in [1.807, 2.05) is 56.3 Å². The van der Waals surface area contributed by atoms with E-state index in [-0.39, 0.29) is 18.4 Å². The number of rotatable bonds is 6. The number of methoxy groups -OCH3 is 1. The number of anilines is 1. The number of nitrogens with one attached hydrogen (secondary N) is 1. The Balaban J connectivity index is 1.53. The average Bonchev–Trinajstić information content (AvgIpc) is 3.55. The van der Waals surface area contributed by atoms with Gasteiger partial charge in [-0.05, 0) is 67.8 Å². The zero-order valence-electron chi connectivity index (χ0n) is 20.7. The highest BCUT2D eigenvalue weighted by molar-refractivity contribution is 6.12. The van der Waals surface area contributed by atoms with Gasteiger partial charge in [-0.15, -0.1) is 0 Å². The Labute approximate surface area is 209 Å². The summed E-state index contributed by atoms with van der Waals surface area (Å²) in [5, 5.41) is 7.64. The van der Waals surface area contributed by atoms with Crippen LogP contribution in [0.2, 0.25) is 0 Å². The van der Waals surface area contributed by atoms with Crippen LogP contribution in [0.25, 0.3) is 11.5 Å². The summed E-state index contributed by atoms with van der Waals surface area (Å²) in [5.41, 5.74) is 3.34. The van der Waals surface area contributed by atoms with Gasteiger partial charge in [0.15, 0.2) is 5.76 Å². The molecule has 5 rings (SSSR count). The summed E-state index contributed by atoms with van der Waals surface area (Å²) in [7, 11) is 1.61. The van der Waals surface area contributed by atoms with Crippen LogP contribution >= 0.6 is 0 Å². The summed E-state index contributed by atoms with van der Waals surface area (Å²) < 4.78 is 12.3. The standard InChI is InChI=1S/C28H28N4O4/c1-18-7-5-8-23(19(18)2)32-26(33)24-15-22(25-9-6-14-36-25)30-31(24)17-28(32,3)27(34)29-16-20-10-12-21(35-4)13-11-20/h5-15H,16-17H2,1-4H3,(H,29,34)/t28-/m0/s1. The van der Waals surface area contributed by atoms with E-state index in [0.29, 0.717) is 29.4 Å². The van der Waals surface area contributed by atoms with Crippen molar-refractivity contribution < 1.29 is 18.7 Å². The van der Waals surface area contributed by atoms with Crippen LogP contribution in [0.5, 0.6) is 5.75 Å². The molecule has 0 saturated heterocycles. The van der Waals surface area contributed by atoms with E-state index >= 15 is 0 Å². The molecule has 8 nitrogen and oxygen atoms in total. The Morgan fingerprint density at radius 1 is 1.14 bits per heavy atom. The molecule has 0 radical (unpaired) electrons. The molecule has 2 aromatic heterocycles. The molecule has 1 aliphatic rings. The molecule has 1 atom stereocenters. The Hall–Kier alpha value is -4.33. The Morgan fingerprint density at radius 2 is 1.92 bits per heavy atom. The number of furan rings is 1. The summed E-state index contributed by atoms with van der Waals surface area (Å²) in [4.78, 5) is 29.4. The number of ether oxygens (including phenoxy) is 1. The number of carbonyl (C=O) groups excluding carboxylic acids is 2. The molecule has 0 fully saturated rings. The van der Waals surface area contributed by atoms with Gasteiger partial charge in [0.05, 0.1) is 19.9 Å². The van der Waals surface area contributed by atoms with E-state index in [2.05, 4.69) is 10.4 Å². The zero-order valence-corrected chi connectivity index (χ0v) is 20.7. The van der Waals surface area contributed by atoms with Gasteiger partial charge in [0.1, 0.15) is 22.7 Å². The number of amides is 2. The second kappa shape index (κ2) is 9.03. The fraction of sp³-hybridized carbons (Fsp3) is 0.250. The predicted octanol–water partition coefficient (Wildman–Crippen LogP) is 4.50. The minimum atomic E-state index is -1.22. The van der Waals surface area contributed by atoms with E-state index < -0.39 is 5.54 Å². The van der Waals surface area contributed by atoms with Crippen LogP contribution < -0.4 is 15.0 Å². The van der Waals surface area contributed by atoms with Crippen LogP contribution in [0, 0.1) is 13.8 Å². The molecule has 36 heavy (non-hydrogen) atoms. The number of benzene rings is 2. The monoisotopic (exact) mass is 484 g/mol. The minimum absolute atomic E-state index is 0.191. The molecule has 1 N–H and O–H groups in total. The maximum Gasteiger partial charge on any atom is 0.277 e. The molecule has 0 aliphatic carbocycles. The first-order valence-corrected chi connectivity index (χ1v) is 11.8. The molecule has 184 valence electrons. The third kappa shape index (κ3) is 3.94. The summed E-state index contributed by atoms with van der Waals surface area (Å²) in [5.74, 6) is 0.749. The lowest BCUT2D eigenvalue weighted by atomic mass is 9.92. The Bertz CT molecular complexity index is 1420. The quantitative estimate of drug-likeness (QED) is 0.435. The zero-order chi connectivity index (χ0) is 25.4. The van der Waals surface area contributed by atoms with Crippen molar-refractivity contribution in [1.82, 2.24) is 15.1 Å². The fourth-order valence-corrected chi connectivity index (χ4v) is 4.60. The predicted molar refractivity (Wildman–Crippen MR) is 136 cm³/mol. The summed E-state index contributed by atoms with van der Waals surface area (Å²) in [6, 6.07) is 18.6. The smallest absolute Gasteiger partial charge is 0.277 e. The molecule has 0 spiro atoms. The maximum absolute atomic E-state index is 14.0. The molecule has 4 aromatic rings. The van der Waals surface area contributed by atoms with Crippen molar-refractivity contribution in [2.24, 2.45) is 0 Å². The highest BCUT2D eigenvalue weighted by Gasteiger charge is 2.49. The van der Waals surface area contributed by atoms with Crippen LogP contribution in [0.1, 0.15) is 34.1 Å². The van der Waals surface area contributed by atoms with Gasteiger partial charge in [0.2, 0.25) is 5.91 Å². The van der Waals surface area contributed by atoms with Gasteiger partial charge in [-0.3, -0.25) is 19.2 Å². The molecular weight excluding hydrogens is 456 g/mol. The van der Waals surface area contributed by atoms with Gasteiger partial charge < -0.3 is 14.5 Å². The number of aromatic nitrogens is 2. The van der Waals surface area contributed by atoms with Gasteiger partial charge in [0, 0.05) is 18.3 Å². The number of carbonyl (C=O) groups is 2. The molecule has 1 aliphatic heterocycles. The second-order valence-electron chi connectivity index (χ2n) is 9.21. The first kappa shape index (κ1) is 23.4. The third-order valence-corrected chi connectivity index (χ3v) is 6.85. The molecule has 8 heteroatoms. The summed E-state index contributed by atoms with van der Waals surface area (Å²) in [6.45, 7) is 6.25. The normalized spacial score (nSPS) is 17.1. The average molecular weight is 485 g/mol. The first-order chi connectivity index (χ1) is 17.3. The second-order valence-corrected chi connectivity index (χ2v) is 9.21. The fourth-order valence-electron chi connectivity index (χ4n) is 4.60. The van der Waals surface area contributed by atoms with Crippen LogP contribution in [0.4, 0.5) is 5.69 Å². The van der Waals surface area contributed by atoms with Crippen LogP contribution in [-0.4, -0.2) is 34.2 Å². The number of nitrogens with zero attached hydrogens (tertiary/aromatic N) is 3. The van der Waals surface area contributed by atoms with E-state index in [1.165, 1.54) is 0 Å². The Morgan fingerprint density at radius 3 is 2.61 bits per heavy atom. The molecule has 3 heterocycles. The van der Waals surface area contributed by atoms with Gasteiger partial charge in [-0.2, -0.15) is 5.10 Å². The Kier molecular flexibility index (Phi) is 5.88.